The van der Waals surface area contributed by atoms with Crippen LogP contribution in [0.5, 0.6) is 0 Å². The van der Waals surface area contributed by atoms with E-state index in [1.54, 1.807) is 18.4 Å². The SMILES string of the molecule is Cc1cc(-n2c(=O)c3sccc3n(CC(=O)NC(C)C)c2=O)ccc1F. The Balaban J connectivity index is 2.24. The third-order valence-corrected chi connectivity index (χ3v) is 4.80. The predicted octanol–water partition coefficient (Wildman–Crippen LogP) is 2.19. The van der Waals surface area contributed by atoms with Crippen molar-refractivity contribution in [1.29, 1.82) is 0 Å². The Morgan fingerprint density at radius 3 is 2.65 bits per heavy atom. The van der Waals surface area contributed by atoms with Gasteiger partial charge in [-0.15, -0.1) is 11.3 Å². The summed E-state index contributed by atoms with van der Waals surface area (Å²) >= 11 is 1.20. The Bertz CT molecular complexity index is 1110. The molecule has 0 radical (unpaired) electrons. The summed E-state index contributed by atoms with van der Waals surface area (Å²) in [6.45, 7) is 5.00. The Morgan fingerprint density at radius 2 is 2.00 bits per heavy atom. The van der Waals surface area contributed by atoms with Crippen molar-refractivity contribution in [2.75, 3.05) is 0 Å². The third kappa shape index (κ3) is 3.20. The molecule has 2 heterocycles. The Labute approximate surface area is 152 Å². The van der Waals surface area contributed by atoms with Crippen LogP contribution >= 0.6 is 11.3 Å². The zero-order valence-corrected chi connectivity index (χ0v) is 15.4. The second kappa shape index (κ2) is 6.87. The number of aromatic nitrogens is 2. The zero-order valence-electron chi connectivity index (χ0n) is 14.6. The number of benzene rings is 1. The van der Waals surface area contributed by atoms with Crippen molar-refractivity contribution >= 4 is 27.5 Å². The van der Waals surface area contributed by atoms with Crippen LogP contribution in [0, 0.1) is 12.7 Å². The van der Waals surface area contributed by atoms with E-state index in [4.69, 9.17) is 0 Å². The van der Waals surface area contributed by atoms with Crippen LogP contribution in [0.1, 0.15) is 19.4 Å². The molecule has 0 aliphatic heterocycles. The topological polar surface area (TPSA) is 73.1 Å². The molecule has 0 fully saturated rings. The van der Waals surface area contributed by atoms with Gasteiger partial charge in [-0.25, -0.2) is 13.8 Å². The number of thiophene rings is 1. The lowest BCUT2D eigenvalue weighted by molar-refractivity contribution is -0.122. The summed E-state index contributed by atoms with van der Waals surface area (Å²) < 4.78 is 16.2. The van der Waals surface area contributed by atoms with E-state index in [-0.39, 0.29) is 24.2 Å². The lowest BCUT2D eigenvalue weighted by Crippen LogP contribution is -2.42. The van der Waals surface area contributed by atoms with Gasteiger partial charge >= 0.3 is 5.69 Å². The van der Waals surface area contributed by atoms with Gasteiger partial charge in [0.2, 0.25) is 5.91 Å². The fraction of sp³-hybridized carbons (Fsp3) is 0.278. The predicted molar refractivity (Wildman–Crippen MR) is 99.7 cm³/mol. The van der Waals surface area contributed by atoms with Crippen LogP contribution in [0.2, 0.25) is 0 Å². The average molecular weight is 375 g/mol. The third-order valence-electron chi connectivity index (χ3n) is 3.91. The minimum absolute atomic E-state index is 0.0678. The van der Waals surface area contributed by atoms with Gasteiger partial charge in [-0.2, -0.15) is 0 Å². The monoisotopic (exact) mass is 375 g/mol. The molecular formula is C18H18FN3O3S. The minimum atomic E-state index is -0.634. The second-order valence-electron chi connectivity index (χ2n) is 6.30. The van der Waals surface area contributed by atoms with Crippen LogP contribution in [-0.4, -0.2) is 21.1 Å². The second-order valence-corrected chi connectivity index (χ2v) is 7.22. The summed E-state index contributed by atoms with van der Waals surface area (Å²) in [5.74, 6) is -0.745. The zero-order chi connectivity index (χ0) is 19.0. The van der Waals surface area contributed by atoms with E-state index < -0.39 is 17.1 Å². The molecule has 0 saturated heterocycles. The van der Waals surface area contributed by atoms with E-state index in [1.807, 2.05) is 13.8 Å². The number of hydrogen-bond acceptors (Lipinski definition) is 4. The molecule has 0 saturated carbocycles. The van der Waals surface area contributed by atoms with Gasteiger partial charge in [0.05, 0.1) is 11.2 Å². The quantitative estimate of drug-likeness (QED) is 0.760. The summed E-state index contributed by atoms with van der Waals surface area (Å²) in [6, 6.07) is 5.61. The summed E-state index contributed by atoms with van der Waals surface area (Å²) in [7, 11) is 0. The van der Waals surface area contributed by atoms with E-state index in [9.17, 15) is 18.8 Å². The molecule has 3 rings (SSSR count). The molecule has 0 aliphatic carbocycles. The molecule has 2 aromatic heterocycles. The maximum Gasteiger partial charge on any atom is 0.336 e. The van der Waals surface area contributed by atoms with E-state index >= 15 is 0 Å². The molecule has 1 aromatic carbocycles. The van der Waals surface area contributed by atoms with Crippen molar-refractivity contribution in [3.63, 3.8) is 0 Å². The molecule has 0 bridgehead atoms. The molecule has 1 N–H and O–H groups in total. The largest absolute Gasteiger partial charge is 0.352 e. The molecule has 26 heavy (non-hydrogen) atoms. The van der Waals surface area contributed by atoms with Crippen LogP contribution in [-0.2, 0) is 11.3 Å². The van der Waals surface area contributed by atoms with E-state index in [0.717, 1.165) is 4.57 Å². The van der Waals surface area contributed by atoms with Crippen molar-refractivity contribution < 1.29 is 9.18 Å². The van der Waals surface area contributed by atoms with Gasteiger partial charge in [-0.1, -0.05) is 0 Å². The molecule has 136 valence electrons. The Hall–Kier alpha value is -2.74. The number of hydrogen-bond donors (Lipinski definition) is 1. The normalized spacial score (nSPS) is 11.3. The fourth-order valence-electron chi connectivity index (χ4n) is 2.75. The van der Waals surface area contributed by atoms with Gasteiger partial charge in [0.1, 0.15) is 17.1 Å². The lowest BCUT2D eigenvalue weighted by atomic mass is 10.2. The molecule has 1 amide bonds. The highest BCUT2D eigenvalue weighted by molar-refractivity contribution is 7.17. The number of fused-ring (bicyclic) bond motifs is 1. The summed E-state index contributed by atoms with van der Waals surface area (Å²) in [6.07, 6.45) is 0. The van der Waals surface area contributed by atoms with E-state index in [0.29, 0.717) is 15.8 Å². The van der Waals surface area contributed by atoms with Gasteiger partial charge in [0, 0.05) is 6.04 Å². The molecule has 8 heteroatoms. The Morgan fingerprint density at radius 1 is 1.27 bits per heavy atom. The molecule has 0 aliphatic rings. The molecule has 0 unspecified atom stereocenters. The highest BCUT2D eigenvalue weighted by atomic mass is 32.1. The first-order valence-electron chi connectivity index (χ1n) is 8.08. The van der Waals surface area contributed by atoms with E-state index in [1.165, 1.54) is 34.1 Å². The van der Waals surface area contributed by atoms with Gasteiger partial charge in [-0.05, 0) is 56.0 Å². The number of nitrogens with zero attached hydrogens (tertiary/aromatic N) is 2. The van der Waals surface area contributed by atoms with Gasteiger partial charge < -0.3 is 5.32 Å². The van der Waals surface area contributed by atoms with Crippen molar-refractivity contribution in [3.05, 3.63) is 61.9 Å². The molecule has 0 spiro atoms. The van der Waals surface area contributed by atoms with Crippen LogP contribution < -0.4 is 16.6 Å². The standard InChI is InChI=1S/C18H18FN3O3S/c1-10(2)20-15(23)9-21-14-6-7-26-16(14)17(24)22(18(21)25)12-4-5-13(19)11(3)8-12/h4-8,10H,9H2,1-3H3,(H,20,23). The maximum absolute atomic E-state index is 13.6. The first kappa shape index (κ1) is 18.1. The number of carbonyl (C=O) groups is 1. The smallest absolute Gasteiger partial charge is 0.336 e. The van der Waals surface area contributed by atoms with Crippen LogP contribution in [0.15, 0.2) is 39.2 Å². The molecule has 0 atom stereocenters. The van der Waals surface area contributed by atoms with Crippen molar-refractivity contribution in [2.24, 2.45) is 0 Å². The summed E-state index contributed by atoms with van der Waals surface area (Å²) in [5.41, 5.74) is -0.104. The first-order valence-corrected chi connectivity index (χ1v) is 8.96. The van der Waals surface area contributed by atoms with Crippen molar-refractivity contribution in [1.82, 2.24) is 14.5 Å². The minimum Gasteiger partial charge on any atom is -0.352 e. The summed E-state index contributed by atoms with van der Waals surface area (Å²) in [5, 5.41) is 4.43. The fourth-order valence-corrected chi connectivity index (χ4v) is 3.57. The number of nitrogens with one attached hydrogen (secondary N) is 1. The highest BCUT2D eigenvalue weighted by Gasteiger charge is 2.18. The maximum atomic E-state index is 13.6. The Kier molecular flexibility index (Phi) is 4.78. The lowest BCUT2D eigenvalue weighted by Gasteiger charge is -2.14. The highest BCUT2D eigenvalue weighted by Crippen LogP contribution is 2.17. The van der Waals surface area contributed by atoms with Gasteiger partial charge in [0.25, 0.3) is 5.56 Å². The van der Waals surface area contributed by atoms with Crippen LogP contribution in [0.3, 0.4) is 0 Å². The van der Waals surface area contributed by atoms with Crippen LogP contribution in [0.4, 0.5) is 4.39 Å². The molecule has 3 aromatic rings. The number of carbonyl (C=O) groups excluding carboxylic acids is 1. The number of amides is 1. The average Bonchev–Trinajstić information content (AvgIpc) is 3.04. The first-order chi connectivity index (χ1) is 12.3. The molecule has 6 nitrogen and oxygen atoms in total. The number of aryl methyl sites for hydroxylation is 1. The van der Waals surface area contributed by atoms with Gasteiger partial charge in [0.15, 0.2) is 0 Å². The number of halogens is 1. The van der Waals surface area contributed by atoms with E-state index in [2.05, 4.69) is 5.32 Å². The number of rotatable bonds is 4. The van der Waals surface area contributed by atoms with Gasteiger partial charge in [-0.3, -0.25) is 14.2 Å². The molecular weight excluding hydrogens is 357 g/mol. The van der Waals surface area contributed by atoms with Crippen molar-refractivity contribution in [2.45, 2.75) is 33.4 Å². The van der Waals surface area contributed by atoms with Crippen molar-refractivity contribution in [3.8, 4) is 5.69 Å². The van der Waals surface area contributed by atoms with Crippen LogP contribution in [0.25, 0.3) is 15.9 Å². The summed E-state index contributed by atoms with van der Waals surface area (Å²) in [4.78, 5) is 37.9.